The van der Waals surface area contributed by atoms with Crippen LogP contribution in [0.4, 0.5) is 0 Å². The summed E-state index contributed by atoms with van der Waals surface area (Å²) in [6.07, 6.45) is 0. The number of benzene rings is 1. The average Bonchev–Trinajstić information content (AvgIpc) is 2.98. The van der Waals surface area contributed by atoms with Crippen LogP contribution in [-0.2, 0) is 4.79 Å². The van der Waals surface area contributed by atoms with E-state index in [4.69, 9.17) is 5.73 Å². The molecule has 106 valence electrons. The zero-order chi connectivity index (χ0) is 14.5. The Balaban J connectivity index is 2.23. The molecule has 0 bridgehead atoms. The Morgan fingerprint density at radius 1 is 1.15 bits per heavy atom. The van der Waals surface area contributed by atoms with Crippen LogP contribution >= 0.6 is 11.3 Å². The molecule has 3 nitrogen and oxygen atoms in total. The van der Waals surface area contributed by atoms with Crippen LogP contribution in [0.5, 0.6) is 0 Å². The fourth-order valence-corrected chi connectivity index (χ4v) is 2.76. The van der Waals surface area contributed by atoms with Crippen molar-refractivity contribution in [3.05, 3.63) is 58.3 Å². The number of hydrogen-bond acceptors (Lipinski definition) is 3. The summed E-state index contributed by atoms with van der Waals surface area (Å²) in [5, 5.41) is 5.08. The van der Waals surface area contributed by atoms with Crippen molar-refractivity contribution in [3.63, 3.8) is 0 Å². The summed E-state index contributed by atoms with van der Waals surface area (Å²) in [5.41, 5.74) is 7.00. The van der Waals surface area contributed by atoms with Crippen LogP contribution in [0.2, 0.25) is 0 Å². The van der Waals surface area contributed by atoms with E-state index >= 15 is 0 Å². The molecule has 4 heteroatoms. The largest absolute Gasteiger partial charge is 0.343 e. The Morgan fingerprint density at radius 3 is 2.40 bits per heavy atom. The smallest absolute Gasteiger partial charge is 0.237 e. The third-order valence-corrected chi connectivity index (χ3v) is 4.21. The number of rotatable bonds is 5. The van der Waals surface area contributed by atoms with Gasteiger partial charge in [0.15, 0.2) is 0 Å². The summed E-state index contributed by atoms with van der Waals surface area (Å²) in [7, 11) is 0. The van der Waals surface area contributed by atoms with Gasteiger partial charge in [0, 0.05) is 4.88 Å². The van der Waals surface area contributed by atoms with Crippen LogP contribution in [0.1, 0.15) is 30.3 Å². The fourth-order valence-electron chi connectivity index (χ4n) is 1.96. The highest BCUT2D eigenvalue weighted by Crippen LogP contribution is 2.26. The highest BCUT2D eigenvalue weighted by Gasteiger charge is 2.23. The third kappa shape index (κ3) is 3.46. The van der Waals surface area contributed by atoms with E-state index in [9.17, 15) is 4.79 Å². The standard InChI is InChI=1S/C16H20N2OS/c1-11(2)14(17)16(19)18-15(13-9-6-10-20-13)12-7-4-3-5-8-12/h3-11,14-15H,17H2,1-2H3,(H,18,19)/t14-,15?/m0/s1. The first-order valence-corrected chi connectivity index (χ1v) is 7.62. The molecular formula is C16H20N2OS. The van der Waals surface area contributed by atoms with Gasteiger partial charge in [-0.3, -0.25) is 4.79 Å². The molecule has 1 aromatic heterocycles. The highest BCUT2D eigenvalue weighted by molar-refractivity contribution is 7.10. The van der Waals surface area contributed by atoms with Crippen molar-refractivity contribution in [2.45, 2.75) is 25.9 Å². The lowest BCUT2D eigenvalue weighted by atomic mass is 10.0. The molecule has 1 amide bonds. The van der Waals surface area contributed by atoms with Gasteiger partial charge < -0.3 is 11.1 Å². The van der Waals surface area contributed by atoms with Gasteiger partial charge in [0.25, 0.3) is 0 Å². The first-order valence-electron chi connectivity index (χ1n) is 6.74. The Kier molecular flexibility index (Phi) is 4.93. The average molecular weight is 288 g/mol. The summed E-state index contributed by atoms with van der Waals surface area (Å²) >= 11 is 1.63. The van der Waals surface area contributed by atoms with E-state index in [2.05, 4.69) is 5.32 Å². The van der Waals surface area contributed by atoms with Gasteiger partial charge in [-0.25, -0.2) is 0 Å². The number of amides is 1. The van der Waals surface area contributed by atoms with Crippen molar-refractivity contribution in [1.29, 1.82) is 0 Å². The van der Waals surface area contributed by atoms with Gasteiger partial charge in [0.2, 0.25) is 5.91 Å². The predicted octanol–water partition coefficient (Wildman–Crippen LogP) is 2.94. The van der Waals surface area contributed by atoms with Crippen LogP contribution in [0.25, 0.3) is 0 Å². The minimum absolute atomic E-state index is 0.109. The number of hydrogen-bond donors (Lipinski definition) is 2. The molecule has 0 radical (unpaired) electrons. The molecule has 0 aliphatic rings. The van der Waals surface area contributed by atoms with Crippen molar-refractivity contribution < 1.29 is 4.79 Å². The number of thiophene rings is 1. The monoisotopic (exact) mass is 288 g/mol. The minimum Gasteiger partial charge on any atom is -0.343 e. The van der Waals surface area contributed by atoms with Gasteiger partial charge in [-0.05, 0) is 22.9 Å². The van der Waals surface area contributed by atoms with E-state index in [-0.39, 0.29) is 17.9 Å². The van der Waals surface area contributed by atoms with Gasteiger partial charge in [-0.2, -0.15) is 0 Å². The highest BCUT2D eigenvalue weighted by atomic mass is 32.1. The van der Waals surface area contributed by atoms with Crippen molar-refractivity contribution in [1.82, 2.24) is 5.32 Å². The molecule has 2 aromatic rings. The molecule has 3 N–H and O–H groups in total. The fraction of sp³-hybridized carbons (Fsp3) is 0.312. The molecule has 1 aromatic carbocycles. The maximum Gasteiger partial charge on any atom is 0.237 e. The van der Waals surface area contributed by atoms with Crippen molar-refractivity contribution in [3.8, 4) is 0 Å². The summed E-state index contributed by atoms with van der Waals surface area (Å²) in [4.78, 5) is 13.3. The second-order valence-electron chi connectivity index (χ2n) is 5.14. The van der Waals surface area contributed by atoms with Crippen LogP contribution < -0.4 is 11.1 Å². The van der Waals surface area contributed by atoms with Crippen LogP contribution in [0.15, 0.2) is 47.8 Å². The molecule has 0 spiro atoms. The molecule has 0 aliphatic carbocycles. The zero-order valence-corrected chi connectivity index (χ0v) is 12.6. The number of nitrogens with one attached hydrogen (secondary N) is 1. The van der Waals surface area contributed by atoms with Gasteiger partial charge in [-0.1, -0.05) is 50.2 Å². The number of carbonyl (C=O) groups is 1. The minimum atomic E-state index is -0.485. The third-order valence-electron chi connectivity index (χ3n) is 3.27. The van der Waals surface area contributed by atoms with Crippen molar-refractivity contribution in [2.24, 2.45) is 11.7 Å². The second-order valence-corrected chi connectivity index (χ2v) is 6.12. The number of nitrogens with two attached hydrogens (primary N) is 1. The molecular weight excluding hydrogens is 268 g/mol. The summed E-state index contributed by atoms with van der Waals surface area (Å²) in [5.74, 6) is 0.0111. The van der Waals surface area contributed by atoms with Crippen molar-refractivity contribution in [2.75, 3.05) is 0 Å². The molecule has 0 saturated heterocycles. The van der Waals surface area contributed by atoms with Crippen molar-refractivity contribution >= 4 is 17.2 Å². The lowest BCUT2D eigenvalue weighted by molar-refractivity contribution is -0.123. The first kappa shape index (κ1) is 14.8. The zero-order valence-electron chi connectivity index (χ0n) is 11.7. The molecule has 0 aliphatic heterocycles. The molecule has 1 heterocycles. The van der Waals surface area contributed by atoms with Gasteiger partial charge >= 0.3 is 0 Å². The Bertz CT molecular complexity index is 537. The second kappa shape index (κ2) is 6.68. The predicted molar refractivity (Wildman–Crippen MR) is 83.6 cm³/mol. The SMILES string of the molecule is CC(C)[C@H](N)C(=O)NC(c1ccccc1)c1cccs1. The Hall–Kier alpha value is -1.65. The van der Waals surface area contributed by atoms with E-state index in [0.29, 0.717) is 0 Å². The quantitative estimate of drug-likeness (QED) is 0.888. The van der Waals surface area contributed by atoms with Crippen LogP contribution in [0.3, 0.4) is 0 Å². The van der Waals surface area contributed by atoms with Crippen LogP contribution in [0, 0.1) is 5.92 Å². The summed E-state index contributed by atoms with van der Waals surface area (Å²) < 4.78 is 0. The lowest BCUT2D eigenvalue weighted by Crippen LogP contribution is -2.45. The maximum absolute atomic E-state index is 12.2. The van der Waals surface area contributed by atoms with Gasteiger partial charge in [0.05, 0.1) is 12.1 Å². The summed E-state index contributed by atoms with van der Waals surface area (Å²) in [6, 6.07) is 13.4. The van der Waals surface area contributed by atoms with E-state index in [1.54, 1.807) is 11.3 Å². The normalized spacial score (nSPS) is 14.0. The topological polar surface area (TPSA) is 55.1 Å². The van der Waals surface area contributed by atoms with E-state index < -0.39 is 6.04 Å². The maximum atomic E-state index is 12.2. The van der Waals surface area contributed by atoms with Gasteiger partial charge in [0.1, 0.15) is 0 Å². The lowest BCUT2D eigenvalue weighted by Gasteiger charge is -2.22. The Morgan fingerprint density at radius 2 is 1.85 bits per heavy atom. The summed E-state index contributed by atoms with van der Waals surface area (Å²) in [6.45, 7) is 3.90. The molecule has 2 rings (SSSR count). The van der Waals surface area contributed by atoms with E-state index in [0.717, 1.165) is 10.4 Å². The van der Waals surface area contributed by atoms with E-state index in [1.165, 1.54) is 0 Å². The van der Waals surface area contributed by atoms with Crippen LogP contribution in [-0.4, -0.2) is 11.9 Å². The Labute approximate surface area is 123 Å². The molecule has 0 fully saturated rings. The van der Waals surface area contributed by atoms with E-state index in [1.807, 2.05) is 61.7 Å². The molecule has 2 atom stereocenters. The number of carbonyl (C=O) groups excluding carboxylic acids is 1. The van der Waals surface area contributed by atoms with Gasteiger partial charge in [-0.15, -0.1) is 11.3 Å². The molecule has 1 unspecified atom stereocenters. The molecule has 20 heavy (non-hydrogen) atoms. The molecule has 0 saturated carbocycles. The first-order chi connectivity index (χ1) is 9.59.